The van der Waals surface area contributed by atoms with Crippen molar-refractivity contribution in [1.82, 2.24) is 10.2 Å². The average molecular weight is 453 g/mol. The number of para-hydroxylation sites is 1. The van der Waals surface area contributed by atoms with Gasteiger partial charge in [0.05, 0.1) is 19.7 Å². The topological polar surface area (TPSA) is 121 Å². The van der Waals surface area contributed by atoms with Crippen LogP contribution >= 0.6 is 0 Å². The first-order chi connectivity index (χ1) is 16.0. The maximum Gasteiger partial charge on any atom is 0.255 e. The molecule has 0 aromatic heterocycles. The lowest BCUT2D eigenvalue weighted by Gasteiger charge is -2.22. The fourth-order valence-corrected chi connectivity index (χ4v) is 4.02. The van der Waals surface area contributed by atoms with Crippen LogP contribution in [0.4, 0.5) is 0 Å². The maximum atomic E-state index is 12.6. The van der Waals surface area contributed by atoms with E-state index in [1.807, 2.05) is 48.5 Å². The van der Waals surface area contributed by atoms with Crippen molar-refractivity contribution in [3.8, 4) is 5.75 Å². The number of nitrogens with zero attached hydrogens (tertiary/aromatic N) is 2. The predicted molar refractivity (Wildman–Crippen MR) is 120 cm³/mol. The molecule has 2 aliphatic rings. The number of carbonyl (C=O) groups is 2. The van der Waals surface area contributed by atoms with Gasteiger partial charge in [0.15, 0.2) is 12.2 Å². The average Bonchev–Trinajstić information content (AvgIpc) is 3.48. The Morgan fingerprint density at radius 2 is 1.79 bits per heavy atom. The summed E-state index contributed by atoms with van der Waals surface area (Å²) in [6.07, 6.45) is -3.13. The number of methoxy groups -OCH3 is 1. The zero-order valence-electron chi connectivity index (χ0n) is 18.3. The van der Waals surface area contributed by atoms with E-state index in [0.29, 0.717) is 32.0 Å². The van der Waals surface area contributed by atoms with Gasteiger partial charge in [-0.2, -0.15) is 0 Å². The molecule has 2 heterocycles. The van der Waals surface area contributed by atoms with E-state index in [9.17, 15) is 19.8 Å². The fourth-order valence-electron chi connectivity index (χ4n) is 4.02. The smallest absolute Gasteiger partial charge is 0.255 e. The first kappa shape index (κ1) is 22.8. The Balaban J connectivity index is 1.27. The zero-order chi connectivity index (χ0) is 23.4. The fraction of sp³-hybridized carbons (Fsp3) is 0.375. The molecular weight excluding hydrogens is 426 g/mol. The van der Waals surface area contributed by atoms with E-state index in [2.05, 4.69) is 10.3 Å². The summed E-state index contributed by atoms with van der Waals surface area (Å²) in [5.41, 5.74) is 2.97. The Kier molecular flexibility index (Phi) is 6.90. The van der Waals surface area contributed by atoms with Gasteiger partial charge in [-0.25, -0.2) is 4.99 Å². The Bertz CT molecular complexity index is 1030. The van der Waals surface area contributed by atoms with Crippen LogP contribution in [0, 0.1) is 0 Å². The molecule has 4 rings (SSSR count). The Morgan fingerprint density at radius 3 is 2.48 bits per heavy atom. The minimum absolute atomic E-state index is 0.0472. The number of aliphatic hydroxyl groups is 2. The number of amides is 2. The summed E-state index contributed by atoms with van der Waals surface area (Å²) in [5.74, 6) is -0.462. The number of aliphatic hydroxyl groups excluding tert-OH is 2. The zero-order valence-corrected chi connectivity index (χ0v) is 18.3. The number of aliphatic imine (C=N–C) groups is 1. The summed E-state index contributed by atoms with van der Waals surface area (Å²) < 4.78 is 10.9. The summed E-state index contributed by atoms with van der Waals surface area (Å²) in [5, 5.41) is 23.0. The van der Waals surface area contributed by atoms with E-state index in [4.69, 9.17) is 9.47 Å². The molecule has 3 atom stereocenters. The van der Waals surface area contributed by atoms with Gasteiger partial charge in [0, 0.05) is 19.5 Å². The molecular formula is C24H27N3O6. The van der Waals surface area contributed by atoms with Crippen molar-refractivity contribution in [1.29, 1.82) is 0 Å². The minimum atomic E-state index is -1.90. The molecule has 0 fully saturated rings. The molecule has 0 saturated carbocycles. The van der Waals surface area contributed by atoms with E-state index in [-0.39, 0.29) is 12.6 Å². The van der Waals surface area contributed by atoms with Gasteiger partial charge in [-0.3, -0.25) is 9.59 Å². The molecule has 3 N–H and O–H groups in total. The number of ether oxygens (including phenoxy) is 2. The third kappa shape index (κ3) is 5.15. The van der Waals surface area contributed by atoms with Crippen molar-refractivity contribution in [2.45, 2.75) is 37.8 Å². The van der Waals surface area contributed by atoms with E-state index in [0.717, 1.165) is 22.4 Å². The number of rotatable bonds is 8. The molecule has 0 radical (unpaired) electrons. The van der Waals surface area contributed by atoms with Crippen molar-refractivity contribution in [2.75, 3.05) is 20.3 Å². The van der Waals surface area contributed by atoms with Gasteiger partial charge >= 0.3 is 0 Å². The molecule has 174 valence electrons. The summed E-state index contributed by atoms with van der Waals surface area (Å²) in [6.45, 7) is 0.980. The highest BCUT2D eigenvalue weighted by atomic mass is 16.5. The number of hydrogen-bond donors (Lipinski definition) is 3. The van der Waals surface area contributed by atoms with Gasteiger partial charge in [0.1, 0.15) is 12.4 Å². The SMILES string of the molecule is COc1ccccc1CC1COC(CNC(=O)[C@H](O)[C@@H](O)C(=O)N2Cc3ccccc3C2)=N1. The maximum absolute atomic E-state index is 12.6. The van der Waals surface area contributed by atoms with Crippen LogP contribution in [0.2, 0.25) is 0 Å². The molecule has 1 unspecified atom stereocenters. The van der Waals surface area contributed by atoms with Crippen LogP contribution in [0.5, 0.6) is 5.75 Å². The van der Waals surface area contributed by atoms with Crippen LogP contribution in [0.25, 0.3) is 0 Å². The molecule has 0 saturated heterocycles. The number of benzene rings is 2. The molecule has 2 aromatic carbocycles. The van der Waals surface area contributed by atoms with Crippen LogP contribution < -0.4 is 10.1 Å². The molecule has 0 bridgehead atoms. The normalized spacial score (nSPS) is 18.7. The quantitative estimate of drug-likeness (QED) is 0.533. The lowest BCUT2D eigenvalue weighted by Crippen LogP contribution is -2.50. The van der Waals surface area contributed by atoms with Crippen molar-refractivity contribution in [2.24, 2.45) is 4.99 Å². The van der Waals surface area contributed by atoms with Crippen LogP contribution in [0.15, 0.2) is 53.5 Å². The molecule has 9 heteroatoms. The molecule has 2 aromatic rings. The number of carbonyl (C=O) groups excluding carboxylic acids is 2. The van der Waals surface area contributed by atoms with Gasteiger partial charge in [-0.15, -0.1) is 0 Å². The third-order valence-corrected chi connectivity index (χ3v) is 5.80. The second-order valence-electron chi connectivity index (χ2n) is 8.07. The summed E-state index contributed by atoms with van der Waals surface area (Å²) in [4.78, 5) is 30.8. The first-order valence-corrected chi connectivity index (χ1v) is 10.8. The highest BCUT2D eigenvalue weighted by molar-refractivity contribution is 5.93. The largest absolute Gasteiger partial charge is 0.496 e. The molecule has 2 amide bonds. The third-order valence-electron chi connectivity index (χ3n) is 5.80. The van der Waals surface area contributed by atoms with Crippen molar-refractivity contribution in [3.63, 3.8) is 0 Å². The van der Waals surface area contributed by atoms with E-state index < -0.39 is 24.0 Å². The van der Waals surface area contributed by atoms with Crippen LogP contribution in [-0.4, -0.2) is 71.3 Å². The monoisotopic (exact) mass is 453 g/mol. The van der Waals surface area contributed by atoms with E-state index in [1.165, 1.54) is 4.90 Å². The van der Waals surface area contributed by atoms with Gasteiger partial charge in [0.2, 0.25) is 5.90 Å². The van der Waals surface area contributed by atoms with Crippen LogP contribution in [0.3, 0.4) is 0 Å². The van der Waals surface area contributed by atoms with Crippen LogP contribution in [-0.2, 0) is 33.8 Å². The van der Waals surface area contributed by atoms with Crippen molar-refractivity contribution < 1.29 is 29.3 Å². The summed E-state index contributed by atoms with van der Waals surface area (Å²) in [6, 6.07) is 15.1. The number of fused-ring (bicyclic) bond motifs is 1. The van der Waals surface area contributed by atoms with E-state index >= 15 is 0 Å². The highest BCUT2D eigenvalue weighted by Gasteiger charge is 2.35. The lowest BCUT2D eigenvalue weighted by atomic mass is 10.1. The van der Waals surface area contributed by atoms with Crippen LogP contribution in [0.1, 0.15) is 16.7 Å². The van der Waals surface area contributed by atoms with Crippen molar-refractivity contribution in [3.05, 3.63) is 65.2 Å². The highest BCUT2D eigenvalue weighted by Crippen LogP contribution is 2.23. The molecule has 0 aliphatic carbocycles. The minimum Gasteiger partial charge on any atom is -0.496 e. The van der Waals surface area contributed by atoms with Gasteiger partial charge in [-0.1, -0.05) is 42.5 Å². The van der Waals surface area contributed by atoms with Gasteiger partial charge < -0.3 is 29.9 Å². The Hall–Kier alpha value is -3.43. The number of nitrogens with one attached hydrogen (secondary N) is 1. The standard InChI is InChI=1S/C24H27N3O6/c1-32-19-9-5-4-6-15(19)10-18-14-33-20(26-18)11-25-23(30)21(28)22(29)24(31)27-12-16-7-2-3-8-17(16)13-27/h2-9,18,21-22,28-29H,10-14H2,1H3,(H,25,30)/t18?,21-,22-/m1/s1. The molecule has 2 aliphatic heterocycles. The second kappa shape index (κ2) is 10.0. The molecule has 0 spiro atoms. The summed E-state index contributed by atoms with van der Waals surface area (Å²) >= 11 is 0. The van der Waals surface area contributed by atoms with Gasteiger partial charge in [-0.05, 0) is 22.8 Å². The Morgan fingerprint density at radius 1 is 1.12 bits per heavy atom. The first-order valence-electron chi connectivity index (χ1n) is 10.8. The predicted octanol–water partition coefficient (Wildman–Crippen LogP) is 0.415. The van der Waals surface area contributed by atoms with E-state index in [1.54, 1.807) is 7.11 Å². The molecule has 33 heavy (non-hydrogen) atoms. The summed E-state index contributed by atoms with van der Waals surface area (Å²) in [7, 11) is 1.61. The second-order valence-corrected chi connectivity index (χ2v) is 8.07. The van der Waals surface area contributed by atoms with Gasteiger partial charge in [0.25, 0.3) is 11.8 Å². The lowest BCUT2D eigenvalue weighted by molar-refractivity contribution is -0.153. The Labute approximate surface area is 191 Å². The number of hydrogen-bond acceptors (Lipinski definition) is 7. The molecule has 9 nitrogen and oxygen atoms in total. The van der Waals surface area contributed by atoms with Crippen molar-refractivity contribution >= 4 is 17.7 Å².